The molecule has 12 rings (SSSR count). The molecule has 3 aliphatic heterocycles. The van der Waals surface area contributed by atoms with Crippen LogP contribution in [0.4, 0.5) is 0 Å². The topological polar surface area (TPSA) is 159 Å². The minimum atomic E-state index is -1.19. The zero-order chi connectivity index (χ0) is 66.8. The van der Waals surface area contributed by atoms with Gasteiger partial charge in [0.15, 0.2) is 18.9 Å². The molecular weight excluding hydrogens is 1240 g/mol. The van der Waals surface area contributed by atoms with Crippen molar-refractivity contribution in [3.05, 3.63) is 323 Å². The summed E-state index contributed by atoms with van der Waals surface area (Å²) in [6.45, 7) is 1.08. The summed E-state index contributed by atoms with van der Waals surface area (Å²) in [6.07, 6.45) is -13.7. The SMILES string of the molecule is CO[C@H]1O[C@H](CO[C@H]2O[C@H](CO[C@H]3O[C@H](CO)[C@@H](OCc4ccccc4)[C@H](OCc4ccccc4)[C@H]3OCc3ccccc3)[C@@H](OCc3ccccc3)[C@H](OCc3ccccc3)[C@H]2OCc2ccccc2)[C@@H](OCc2ccccc2)[C@H](OCc2ccccc2)[C@H]1OCc1ccccc1. The second kappa shape index (κ2) is 37.5. The number of aliphatic hydroxyl groups excluding tert-OH is 1. The van der Waals surface area contributed by atoms with Gasteiger partial charge in [0.1, 0.15) is 73.2 Å². The fourth-order valence-corrected chi connectivity index (χ4v) is 12.5. The first kappa shape index (κ1) is 70.2. The maximum Gasteiger partial charge on any atom is 0.187 e. The van der Waals surface area contributed by atoms with Crippen LogP contribution in [0, 0.1) is 0 Å². The van der Waals surface area contributed by atoms with E-state index in [1.54, 1.807) is 7.11 Å². The van der Waals surface area contributed by atoms with Crippen LogP contribution in [0.5, 0.6) is 0 Å². The first-order valence-corrected chi connectivity index (χ1v) is 33.7. The van der Waals surface area contributed by atoms with Crippen LogP contribution in [-0.2, 0) is 131 Å². The van der Waals surface area contributed by atoms with Crippen LogP contribution in [0.15, 0.2) is 273 Å². The van der Waals surface area contributed by atoms with Gasteiger partial charge in [-0.1, -0.05) is 273 Å². The fourth-order valence-electron chi connectivity index (χ4n) is 12.5. The van der Waals surface area contributed by atoms with Crippen LogP contribution in [0.25, 0.3) is 0 Å². The Hall–Kier alpha value is -7.66. The first-order chi connectivity index (χ1) is 48.5. The third kappa shape index (κ3) is 20.0. The number of ether oxygens (including phenoxy) is 15. The lowest BCUT2D eigenvalue weighted by molar-refractivity contribution is -0.361. The van der Waals surface area contributed by atoms with Crippen molar-refractivity contribution in [1.29, 1.82) is 0 Å². The molecule has 3 aliphatic rings. The van der Waals surface area contributed by atoms with Crippen molar-refractivity contribution >= 4 is 0 Å². The van der Waals surface area contributed by atoms with E-state index >= 15 is 0 Å². The average Bonchev–Trinajstić information content (AvgIpc) is 0.788. The monoisotopic (exact) mass is 1330 g/mol. The van der Waals surface area contributed by atoms with E-state index in [0.717, 1.165) is 50.1 Å². The molecule has 16 nitrogen and oxygen atoms in total. The van der Waals surface area contributed by atoms with Gasteiger partial charge in [-0.15, -0.1) is 0 Å². The molecule has 9 aromatic rings. The van der Waals surface area contributed by atoms with Crippen LogP contribution < -0.4 is 0 Å². The standard InChI is InChI=1S/C82H88O16/c1-84-80-77(91-54-65-41-23-8-24-42-65)75(89-52-63-37-19-6-20-38-63)72(86-49-60-31-13-3-14-32-60)69(97-80)57-95-82-79(93-56-67-45-27-10-28-46-67)76(90-53-64-39-21-7-22-40-64)73(87-50-61-33-15-4-16-34-61)70(98-82)58-94-81-78(92-55-66-43-25-9-26-44-66)74(88-51-62-35-17-5-18-36-62)71(68(47-83)96-81)85-48-59-29-11-2-12-30-59/h2-46,68-83H,47-58H2,1H3/t68-,69-,70-,71-,72-,73-,74+,75+,76+,77-,78-,79-,80+,81+,82+/m1/s1. The maximum absolute atomic E-state index is 11.4. The van der Waals surface area contributed by atoms with Crippen molar-refractivity contribution in [1.82, 2.24) is 0 Å². The van der Waals surface area contributed by atoms with E-state index in [4.69, 9.17) is 71.1 Å². The molecule has 0 bridgehead atoms. The number of benzene rings is 9. The molecule has 15 atom stereocenters. The van der Waals surface area contributed by atoms with Crippen molar-refractivity contribution in [3.63, 3.8) is 0 Å². The molecule has 0 saturated carbocycles. The Kier molecular flexibility index (Phi) is 26.9. The molecule has 16 heteroatoms. The van der Waals surface area contributed by atoms with Gasteiger partial charge in [0, 0.05) is 7.11 Å². The summed E-state index contributed by atoms with van der Waals surface area (Å²) in [7, 11) is 1.60. The van der Waals surface area contributed by atoms with E-state index in [2.05, 4.69) is 0 Å². The fraction of sp³-hybridized carbons (Fsp3) is 0.341. The lowest BCUT2D eigenvalue weighted by Crippen LogP contribution is -2.64. The highest BCUT2D eigenvalue weighted by Gasteiger charge is 2.54. The Balaban J connectivity index is 0.909. The molecule has 3 saturated heterocycles. The molecule has 512 valence electrons. The smallest absolute Gasteiger partial charge is 0.187 e. The molecule has 3 fully saturated rings. The second-order valence-electron chi connectivity index (χ2n) is 24.6. The van der Waals surface area contributed by atoms with Crippen LogP contribution in [0.3, 0.4) is 0 Å². The molecular formula is C82H88O16. The minimum absolute atomic E-state index is 0.121. The normalized spacial score (nSPS) is 25.6. The number of hydrogen-bond donors (Lipinski definition) is 1. The quantitative estimate of drug-likeness (QED) is 0.0399. The molecule has 1 N–H and O–H groups in total. The van der Waals surface area contributed by atoms with E-state index in [0.29, 0.717) is 0 Å². The van der Waals surface area contributed by atoms with Gasteiger partial charge in [-0.05, 0) is 50.1 Å². The Labute approximate surface area is 575 Å². The maximum atomic E-state index is 11.4. The average molecular weight is 1330 g/mol. The zero-order valence-corrected chi connectivity index (χ0v) is 55.2. The summed E-state index contributed by atoms with van der Waals surface area (Å²) in [4.78, 5) is 0. The van der Waals surface area contributed by atoms with Gasteiger partial charge in [0.2, 0.25) is 0 Å². The largest absolute Gasteiger partial charge is 0.394 e. The molecule has 98 heavy (non-hydrogen) atoms. The molecule has 0 amide bonds. The highest BCUT2D eigenvalue weighted by molar-refractivity contribution is 5.21. The number of aliphatic hydroxyl groups is 1. The Morgan fingerprint density at radius 2 is 0.408 bits per heavy atom. The van der Waals surface area contributed by atoms with Crippen molar-refractivity contribution in [2.24, 2.45) is 0 Å². The van der Waals surface area contributed by atoms with E-state index in [9.17, 15) is 5.11 Å². The summed E-state index contributed by atoms with van der Waals surface area (Å²) in [5, 5.41) is 11.4. The van der Waals surface area contributed by atoms with E-state index in [1.165, 1.54) is 0 Å². The molecule has 0 aromatic heterocycles. The van der Waals surface area contributed by atoms with Crippen molar-refractivity contribution in [3.8, 4) is 0 Å². The predicted molar refractivity (Wildman–Crippen MR) is 367 cm³/mol. The van der Waals surface area contributed by atoms with E-state index in [-0.39, 0.29) is 72.7 Å². The van der Waals surface area contributed by atoms with Crippen LogP contribution in [0.1, 0.15) is 50.1 Å². The van der Waals surface area contributed by atoms with Crippen molar-refractivity contribution < 1.29 is 76.2 Å². The Morgan fingerprint density at radius 1 is 0.224 bits per heavy atom. The highest BCUT2D eigenvalue weighted by atomic mass is 16.8. The summed E-state index contributed by atoms with van der Waals surface area (Å²) < 4.78 is 105. The summed E-state index contributed by atoms with van der Waals surface area (Å²) >= 11 is 0. The molecule has 0 unspecified atom stereocenters. The third-order valence-electron chi connectivity index (χ3n) is 17.6. The summed E-state index contributed by atoms with van der Waals surface area (Å²) in [5.41, 5.74) is 8.42. The van der Waals surface area contributed by atoms with Gasteiger partial charge < -0.3 is 76.2 Å². The van der Waals surface area contributed by atoms with Crippen molar-refractivity contribution in [2.75, 3.05) is 26.9 Å². The van der Waals surface area contributed by atoms with E-state index < -0.39 is 98.7 Å². The van der Waals surface area contributed by atoms with Crippen LogP contribution >= 0.6 is 0 Å². The van der Waals surface area contributed by atoms with Gasteiger partial charge >= 0.3 is 0 Å². The lowest BCUT2D eigenvalue weighted by atomic mass is 9.96. The summed E-state index contributed by atoms with van der Waals surface area (Å²) in [6, 6.07) is 89.4. The van der Waals surface area contributed by atoms with E-state index in [1.807, 2.05) is 273 Å². The minimum Gasteiger partial charge on any atom is -0.394 e. The van der Waals surface area contributed by atoms with Gasteiger partial charge in [-0.3, -0.25) is 0 Å². The van der Waals surface area contributed by atoms with Crippen molar-refractivity contribution in [2.45, 2.75) is 152 Å². The lowest BCUT2D eigenvalue weighted by Gasteiger charge is -2.48. The van der Waals surface area contributed by atoms with Gasteiger partial charge in [0.05, 0.1) is 79.3 Å². The molecule has 0 radical (unpaired) electrons. The molecule has 3 heterocycles. The third-order valence-corrected chi connectivity index (χ3v) is 17.6. The molecule has 0 spiro atoms. The summed E-state index contributed by atoms with van der Waals surface area (Å²) in [5.74, 6) is 0. The molecule has 9 aromatic carbocycles. The molecule has 0 aliphatic carbocycles. The zero-order valence-electron chi connectivity index (χ0n) is 55.2. The van der Waals surface area contributed by atoms with Gasteiger partial charge in [-0.2, -0.15) is 0 Å². The van der Waals surface area contributed by atoms with Gasteiger partial charge in [-0.25, -0.2) is 0 Å². The highest BCUT2D eigenvalue weighted by Crippen LogP contribution is 2.37. The van der Waals surface area contributed by atoms with Crippen LogP contribution in [0.2, 0.25) is 0 Å². The first-order valence-electron chi connectivity index (χ1n) is 33.7. The Bertz CT molecular complexity index is 3400. The number of hydrogen-bond acceptors (Lipinski definition) is 16. The number of rotatable bonds is 35. The predicted octanol–water partition coefficient (Wildman–Crippen LogP) is 13.1. The van der Waals surface area contributed by atoms with Gasteiger partial charge in [0.25, 0.3) is 0 Å². The Morgan fingerprint density at radius 3 is 0.633 bits per heavy atom. The number of methoxy groups -OCH3 is 1. The van der Waals surface area contributed by atoms with Crippen LogP contribution in [-0.4, -0.2) is 124 Å². The second-order valence-corrected chi connectivity index (χ2v) is 24.6.